The van der Waals surface area contributed by atoms with Gasteiger partial charge in [-0.3, -0.25) is 0 Å². The monoisotopic (exact) mass is 264 g/mol. The SMILES string of the molecule is CC1C(O)CC(O)(C(=O)[O-])OC1[C@H](O)[C@H](O)CN. The van der Waals surface area contributed by atoms with Crippen molar-refractivity contribution in [2.45, 2.75) is 43.5 Å². The molecule has 1 aliphatic heterocycles. The van der Waals surface area contributed by atoms with Gasteiger partial charge in [0.05, 0.1) is 18.3 Å². The summed E-state index contributed by atoms with van der Waals surface area (Å²) in [5.74, 6) is -5.28. The Balaban J connectivity index is 2.92. The highest BCUT2D eigenvalue weighted by Crippen LogP contribution is 2.33. The third-order valence-corrected chi connectivity index (χ3v) is 3.23. The Morgan fingerprint density at radius 1 is 1.61 bits per heavy atom. The van der Waals surface area contributed by atoms with Gasteiger partial charge in [0, 0.05) is 18.9 Å². The summed E-state index contributed by atoms with van der Waals surface area (Å²) in [6.07, 6.45) is -5.93. The van der Waals surface area contributed by atoms with Crippen LogP contribution in [-0.2, 0) is 9.53 Å². The number of nitrogens with two attached hydrogens (primary N) is 1. The van der Waals surface area contributed by atoms with E-state index in [1.165, 1.54) is 6.92 Å². The first-order valence-corrected chi connectivity index (χ1v) is 5.59. The van der Waals surface area contributed by atoms with E-state index in [1.54, 1.807) is 0 Å². The minimum atomic E-state index is -2.69. The molecule has 8 heteroatoms. The van der Waals surface area contributed by atoms with Gasteiger partial charge in [0.2, 0.25) is 5.79 Å². The van der Waals surface area contributed by atoms with Gasteiger partial charge in [0.1, 0.15) is 12.1 Å². The van der Waals surface area contributed by atoms with Crippen molar-refractivity contribution >= 4 is 5.97 Å². The number of carbonyl (C=O) groups excluding carboxylic acids is 1. The summed E-state index contributed by atoms with van der Waals surface area (Å²) in [5, 5.41) is 49.3. The van der Waals surface area contributed by atoms with Gasteiger partial charge in [-0.25, -0.2) is 0 Å². The lowest BCUT2D eigenvalue weighted by atomic mass is 9.84. The molecule has 0 radical (unpaired) electrons. The molecule has 0 bridgehead atoms. The zero-order valence-electron chi connectivity index (χ0n) is 9.89. The van der Waals surface area contributed by atoms with Crippen molar-refractivity contribution in [3.8, 4) is 0 Å². The minimum absolute atomic E-state index is 0.270. The minimum Gasteiger partial charge on any atom is -0.544 e. The fourth-order valence-electron chi connectivity index (χ4n) is 1.94. The van der Waals surface area contributed by atoms with Crippen LogP contribution in [0.4, 0.5) is 0 Å². The van der Waals surface area contributed by atoms with Crippen molar-refractivity contribution in [1.82, 2.24) is 0 Å². The van der Waals surface area contributed by atoms with Crippen molar-refractivity contribution < 1.29 is 35.1 Å². The van der Waals surface area contributed by atoms with E-state index in [9.17, 15) is 30.3 Å². The van der Waals surface area contributed by atoms with Crippen LogP contribution >= 0.6 is 0 Å². The van der Waals surface area contributed by atoms with Crippen LogP contribution in [0.5, 0.6) is 0 Å². The summed E-state index contributed by atoms with van der Waals surface area (Å²) < 4.78 is 4.87. The van der Waals surface area contributed by atoms with Crippen LogP contribution in [0.3, 0.4) is 0 Å². The first-order chi connectivity index (χ1) is 8.23. The average molecular weight is 264 g/mol. The van der Waals surface area contributed by atoms with Crippen LogP contribution in [-0.4, -0.2) is 63.1 Å². The number of aliphatic hydroxyl groups is 4. The van der Waals surface area contributed by atoms with Gasteiger partial charge in [0.25, 0.3) is 0 Å². The van der Waals surface area contributed by atoms with E-state index in [0.717, 1.165) is 0 Å². The van der Waals surface area contributed by atoms with E-state index >= 15 is 0 Å². The number of aliphatic carboxylic acids is 1. The molecule has 1 aliphatic rings. The molecule has 6 atom stereocenters. The molecule has 0 amide bonds. The number of ether oxygens (including phenoxy) is 1. The second-order valence-corrected chi connectivity index (χ2v) is 4.58. The smallest absolute Gasteiger partial charge is 0.209 e. The highest BCUT2D eigenvalue weighted by Gasteiger charge is 2.48. The Kier molecular flexibility index (Phi) is 4.65. The van der Waals surface area contributed by atoms with E-state index in [1.807, 2.05) is 0 Å². The molecule has 0 spiro atoms. The fourth-order valence-corrected chi connectivity index (χ4v) is 1.94. The van der Waals surface area contributed by atoms with E-state index in [4.69, 9.17) is 10.5 Å². The molecular weight excluding hydrogens is 246 g/mol. The lowest BCUT2D eigenvalue weighted by Crippen LogP contribution is -2.63. The molecule has 0 aromatic rings. The highest BCUT2D eigenvalue weighted by atomic mass is 16.7. The standard InChI is InChI=1S/C10H19NO7/c1-4-5(12)2-10(17,9(15)16)18-8(4)7(14)6(13)3-11/h4-8,12-14,17H,2-3,11H2,1H3,(H,15,16)/p-1/t4?,5?,6-,7-,8?,10?/m1/s1. The molecule has 0 aliphatic carbocycles. The highest BCUT2D eigenvalue weighted by molar-refractivity contribution is 5.73. The zero-order chi connectivity index (χ0) is 14.1. The molecular formula is C10H18NO7-. The first-order valence-electron chi connectivity index (χ1n) is 5.59. The third kappa shape index (κ3) is 2.79. The van der Waals surface area contributed by atoms with Gasteiger partial charge < -0.3 is 40.8 Å². The molecule has 18 heavy (non-hydrogen) atoms. The van der Waals surface area contributed by atoms with E-state index in [2.05, 4.69) is 0 Å². The van der Waals surface area contributed by atoms with Crippen LogP contribution in [0.15, 0.2) is 0 Å². The van der Waals surface area contributed by atoms with Crippen LogP contribution in [0, 0.1) is 5.92 Å². The van der Waals surface area contributed by atoms with Crippen molar-refractivity contribution in [2.24, 2.45) is 11.7 Å². The van der Waals surface area contributed by atoms with Gasteiger partial charge in [-0.2, -0.15) is 0 Å². The molecule has 6 N–H and O–H groups in total. The summed E-state index contributed by atoms with van der Waals surface area (Å²) in [7, 11) is 0. The number of carboxylic acid groups (broad SMARTS) is 1. The number of hydrogen-bond acceptors (Lipinski definition) is 8. The molecule has 0 aromatic heterocycles. The second-order valence-electron chi connectivity index (χ2n) is 4.58. The average Bonchev–Trinajstić information content (AvgIpc) is 2.31. The van der Waals surface area contributed by atoms with Gasteiger partial charge >= 0.3 is 0 Å². The maximum Gasteiger partial charge on any atom is 0.209 e. The number of carboxylic acids is 1. The molecule has 1 rings (SSSR count). The van der Waals surface area contributed by atoms with E-state index < -0.39 is 48.5 Å². The topological polar surface area (TPSA) is 156 Å². The van der Waals surface area contributed by atoms with Crippen LogP contribution in [0.1, 0.15) is 13.3 Å². The van der Waals surface area contributed by atoms with Crippen molar-refractivity contribution in [3.63, 3.8) is 0 Å². The largest absolute Gasteiger partial charge is 0.544 e. The number of aliphatic hydroxyl groups excluding tert-OH is 3. The zero-order valence-corrected chi connectivity index (χ0v) is 9.89. The summed E-state index contributed by atoms with van der Waals surface area (Å²) in [6, 6.07) is 0. The Morgan fingerprint density at radius 2 is 2.17 bits per heavy atom. The molecule has 8 nitrogen and oxygen atoms in total. The quantitative estimate of drug-likeness (QED) is 0.343. The summed E-state index contributed by atoms with van der Waals surface area (Å²) >= 11 is 0. The Morgan fingerprint density at radius 3 is 2.61 bits per heavy atom. The van der Waals surface area contributed by atoms with Crippen LogP contribution in [0.2, 0.25) is 0 Å². The second kappa shape index (κ2) is 5.47. The molecule has 1 heterocycles. The summed E-state index contributed by atoms with van der Waals surface area (Å²) in [5.41, 5.74) is 5.17. The maximum atomic E-state index is 10.8. The van der Waals surface area contributed by atoms with Gasteiger partial charge in [-0.1, -0.05) is 6.92 Å². The summed E-state index contributed by atoms with van der Waals surface area (Å²) in [4.78, 5) is 10.8. The fraction of sp³-hybridized carbons (Fsp3) is 0.900. The predicted molar refractivity (Wildman–Crippen MR) is 55.7 cm³/mol. The lowest BCUT2D eigenvalue weighted by molar-refractivity contribution is -0.376. The molecule has 0 aromatic carbocycles. The van der Waals surface area contributed by atoms with Crippen molar-refractivity contribution in [2.75, 3.05) is 6.54 Å². The molecule has 1 saturated heterocycles. The molecule has 0 saturated carbocycles. The molecule has 4 unspecified atom stereocenters. The Hall–Kier alpha value is -0.770. The van der Waals surface area contributed by atoms with Crippen LogP contribution < -0.4 is 10.8 Å². The maximum absolute atomic E-state index is 10.8. The number of rotatable bonds is 4. The molecule has 1 fully saturated rings. The van der Waals surface area contributed by atoms with Crippen molar-refractivity contribution in [1.29, 1.82) is 0 Å². The summed E-state index contributed by atoms with van der Waals surface area (Å²) in [6.45, 7) is 1.23. The van der Waals surface area contributed by atoms with Crippen molar-refractivity contribution in [3.05, 3.63) is 0 Å². The Bertz CT molecular complexity index is 313. The van der Waals surface area contributed by atoms with E-state index in [-0.39, 0.29) is 6.54 Å². The third-order valence-electron chi connectivity index (χ3n) is 3.23. The van der Waals surface area contributed by atoms with Gasteiger partial charge in [-0.15, -0.1) is 0 Å². The van der Waals surface area contributed by atoms with E-state index in [0.29, 0.717) is 0 Å². The predicted octanol–water partition coefficient (Wildman–Crippen LogP) is -4.11. The Labute approximate surface area is 104 Å². The first kappa shape index (κ1) is 15.3. The van der Waals surface area contributed by atoms with Gasteiger partial charge in [-0.05, 0) is 0 Å². The van der Waals surface area contributed by atoms with Crippen LogP contribution in [0.25, 0.3) is 0 Å². The molecule has 106 valence electrons. The normalized spacial score (nSPS) is 40.2. The van der Waals surface area contributed by atoms with Gasteiger partial charge in [0.15, 0.2) is 0 Å². The lowest BCUT2D eigenvalue weighted by Gasteiger charge is -2.45. The number of hydrogen-bond donors (Lipinski definition) is 5. The number of carbonyl (C=O) groups is 1.